The molecule has 0 amide bonds. The Hall–Kier alpha value is -3.53. The van der Waals surface area contributed by atoms with Gasteiger partial charge in [-0.1, -0.05) is 90.1 Å². The number of para-hydroxylation sites is 2. The number of anilines is 1. The van der Waals surface area contributed by atoms with Crippen LogP contribution < -0.4 is 4.90 Å². The van der Waals surface area contributed by atoms with Gasteiger partial charge in [0.25, 0.3) is 6.73 Å². The van der Waals surface area contributed by atoms with Crippen molar-refractivity contribution in [3.8, 4) is 0 Å². The van der Waals surface area contributed by atoms with Crippen molar-refractivity contribution in [2.75, 3.05) is 18.4 Å². The predicted octanol–water partition coefficient (Wildman–Crippen LogP) is 13.1. The molecule has 2 saturated carbocycles. The Morgan fingerprint density at radius 1 is 0.627 bits per heavy atom. The van der Waals surface area contributed by atoms with E-state index in [4.69, 9.17) is 48.0 Å². The first-order chi connectivity index (χ1) is 35.9. The van der Waals surface area contributed by atoms with E-state index in [-0.39, 0.29) is 34.5 Å². The third-order valence-corrected chi connectivity index (χ3v) is 21.3. The summed E-state index contributed by atoms with van der Waals surface area (Å²) < 4.78 is 43.6. The lowest BCUT2D eigenvalue weighted by molar-refractivity contribution is -0.584. The van der Waals surface area contributed by atoms with Crippen LogP contribution in [0.5, 0.6) is 0 Å². The molecule has 2 aromatic rings. The summed E-state index contributed by atoms with van der Waals surface area (Å²) in [6, 6.07) is 17.6. The standard InChI is InChI=1S/C63H83N2O10/c1-37-23-27-46-40(4)54(68-56-62(46)44(37)31-33-60(10,70-56)72-74-62)66-35-64-50-21-14-12-19-48(50)58(6,7)52(64)29-25-42-17-16-18-43(39(42)3)26-30-53-59(8,9)49-20-13-15-22-51(49)65(53)36-67-55-41(5)47-28-24-38(2)45-32-34-61(11)71-57(69-55)63(45,47)75-73-61/h12-15,19-22,25-26,29-30,37-38,40-41,44-47,54-57H,16-18,23-24,27-28,31-36H2,1-11H3/q+1/t37-,38-,40-,41-,44+,45+,46+,47+,54?,55?,56-,57-,60+,61+,62?,63?/m1/s1. The topological polar surface area (TPSA) is 98.6 Å². The maximum absolute atomic E-state index is 6.99. The third kappa shape index (κ3) is 7.75. The highest BCUT2D eigenvalue weighted by molar-refractivity contribution is 6.03. The van der Waals surface area contributed by atoms with E-state index in [2.05, 4.69) is 145 Å². The highest BCUT2D eigenvalue weighted by atomic mass is 17.3. The van der Waals surface area contributed by atoms with Crippen molar-refractivity contribution >= 4 is 17.1 Å². The molecule has 75 heavy (non-hydrogen) atoms. The van der Waals surface area contributed by atoms with Crippen molar-refractivity contribution in [3.05, 3.63) is 106 Å². The zero-order valence-corrected chi connectivity index (χ0v) is 46.5. The maximum Gasteiger partial charge on any atom is 0.255 e. The van der Waals surface area contributed by atoms with Crippen LogP contribution in [0, 0.1) is 47.3 Å². The minimum absolute atomic E-state index is 0.0854. The van der Waals surface area contributed by atoms with E-state index in [9.17, 15) is 0 Å². The van der Waals surface area contributed by atoms with Crippen molar-refractivity contribution < 1.29 is 52.5 Å². The number of rotatable bonds is 9. The molecule has 3 aliphatic carbocycles. The van der Waals surface area contributed by atoms with Gasteiger partial charge in [0.1, 0.15) is 6.73 Å². The van der Waals surface area contributed by atoms with Gasteiger partial charge in [-0.3, -0.25) is 4.74 Å². The minimum Gasteiger partial charge on any atom is -0.332 e. The highest BCUT2D eigenvalue weighted by Crippen LogP contribution is 2.63. The lowest BCUT2D eigenvalue weighted by Crippen LogP contribution is -2.70. The van der Waals surface area contributed by atoms with Crippen LogP contribution in [-0.2, 0) is 58.8 Å². The van der Waals surface area contributed by atoms with E-state index in [1.165, 1.54) is 50.6 Å². The summed E-state index contributed by atoms with van der Waals surface area (Å²) in [6.45, 7) is 25.6. The van der Waals surface area contributed by atoms with Crippen LogP contribution in [-0.4, -0.2) is 71.7 Å². The van der Waals surface area contributed by atoms with E-state index in [1.807, 2.05) is 13.8 Å². The first-order valence-electron chi connectivity index (χ1n) is 28.9. The molecular weight excluding hydrogens is 945 g/mol. The molecule has 13 aliphatic rings. The summed E-state index contributed by atoms with van der Waals surface area (Å²) >= 11 is 0. The largest absolute Gasteiger partial charge is 0.332 e. The monoisotopic (exact) mass is 1030 g/mol. The molecule has 0 aromatic heterocycles. The summed E-state index contributed by atoms with van der Waals surface area (Å²) in [4.78, 5) is 27.5. The summed E-state index contributed by atoms with van der Waals surface area (Å²) in [6.07, 6.45) is 18.5. The summed E-state index contributed by atoms with van der Waals surface area (Å²) in [5.74, 6) is 0.523. The first-order valence-corrected chi connectivity index (χ1v) is 28.9. The van der Waals surface area contributed by atoms with E-state index < -0.39 is 47.9 Å². The Morgan fingerprint density at radius 2 is 1.21 bits per heavy atom. The van der Waals surface area contributed by atoms with Crippen molar-refractivity contribution in [3.63, 3.8) is 0 Å². The van der Waals surface area contributed by atoms with E-state index in [0.717, 1.165) is 70.6 Å². The lowest BCUT2D eigenvalue weighted by Gasteiger charge is -2.60. The van der Waals surface area contributed by atoms with Gasteiger partial charge in [-0.2, -0.15) is 4.58 Å². The summed E-state index contributed by atoms with van der Waals surface area (Å²) in [7, 11) is 0. The van der Waals surface area contributed by atoms with Crippen molar-refractivity contribution in [1.82, 2.24) is 0 Å². The summed E-state index contributed by atoms with van der Waals surface area (Å²) in [5.41, 5.74) is 9.67. The number of ether oxygens (including phenoxy) is 6. The number of nitrogens with zero attached hydrogens (tertiary/aromatic N) is 2. The molecule has 10 fully saturated rings. The van der Waals surface area contributed by atoms with Crippen LogP contribution >= 0.6 is 0 Å². The van der Waals surface area contributed by atoms with Crippen molar-refractivity contribution in [2.45, 2.75) is 206 Å². The second kappa shape index (κ2) is 18.3. The van der Waals surface area contributed by atoms with E-state index >= 15 is 0 Å². The lowest BCUT2D eigenvalue weighted by atomic mass is 9.58. The third-order valence-electron chi connectivity index (χ3n) is 21.3. The van der Waals surface area contributed by atoms with Gasteiger partial charge >= 0.3 is 0 Å². The van der Waals surface area contributed by atoms with Gasteiger partial charge in [0.15, 0.2) is 42.1 Å². The fourth-order valence-electron chi connectivity index (χ4n) is 16.8. The smallest absolute Gasteiger partial charge is 0.255 e. The molecule has 4 bridgehead atoms. The SMILES string of the molecule is CC1=C(/C=C/C2=[N+](COC3O[C@@H]4O[C@]5(C)CC[C@H]6[C@H](C)CC[C@@H]([C@H]3C)C46OO5)c3ccccc3C2(C)C)CCC/C1=C\C=C1\N(COC2O[C@@H]3O[C@]4(C)CC[C@H]5[C@H](C)CC[C@@H]([C@H]2C)C35OO4)c2ccccc2C1(C)C. The van der Waals surface area contributed by atoms with Crippen LogP contribution in [0.2, 0.25) is 0 Å². The molecule has 0 radical (unpaired) electrons. The molecule has 2 aromatic carbocycles. The molecule has 10 aliphatic heterocycles. The van der Waals surface area contributed by atoms with Gasteiger partial charge in [0.2, 0.25) is 17.3 Å². The van der Waals surface area contributed by atoms with Crippen LogP contribution in [0.1, 0.15) is 158 Å². The zero-order valence-electron chi connectivity index (χ0n) is 46.5. The molecule has 10 heterocycles. The zero-order chi connectivity index (χ0) is 52.0. The molecule has 2 spiro atoms. The second-order valence-corrected chi connectivity index (χ2v) is 26.2. The Balaban J connectivity index is 0.766. The van der Waals surface area contributed by atoms with Gasteiger partial charge in [-0.25, -0.2) is 19.6 Å². The molecule has 404 valence electrons. The predicted molar refractivity (Wildman–Crippen MR) is 284 cm³/mol. The second-order valence-electron chi connectivity index (χ2n) is 26.2. The molecule has 8 saturated heterocycles. The minimum atomic E-state index is -0.832. The van der Waals surface area contributed by atoms with Crippen molar-refractivity contribution in [2.24, 2.45) is 47.3 Å². The number of fused-ring (bicyclic) bond motifs is 6. The van der Waals surface area contributed by atoms with E-state index in [0.29, 0.717) is 37.1 Å². The molecule has 12 heteroatoms. The Kier molecular flexibility index (Phi) is 12.4. The Labute approximate surface area is 445 Å². The van der Waals surface area contributed by atoms with Crippen LogP contribution in [0.4, 0.5) is 11.4 Å². The molecule has 12 nitrogen and oxygen atoms in total. The fraction of sp³-hybridized carbons (Fsp3) is 0.667. The van der Waals surface area contributed by atoms with Gasteiger partial charge in [0.05, 0.1) is 5.41 Å². The maximum atomic E-state index is 6.99. The molecule has 0 N–H and O–H groups in total. The number of hydrogen-bond acceptors (Lipinski definition) is 11. The summed E-state index contributed by atoms with van der Waals surface area (Å²) in [5, 5.41) is 0. The molecular formula is C63H83N2O10+. The molecule has 4 unspecified atom stereocenters. The fourth-order valence-corrected chi connectivity index (χ4v) is 16.8. The number of allylic oxidation sites excluding steroid dienone is 8. The van der Waals surface area contributed by atoms with Gasteiger partial charge in [-0.15, -0.1) is 0 Å². The van der Waals surface area contributed by atoms with Crippen LogP contribution in [0.15, 0.2) is 95.3 Å². The first kappa shape index (κ1) is 50.9. The number of hydrogen-bond donors (Lipinski definition) is 0. The van der Waals surface area contributed by atoms with Gasteiger partial charge in [-0.05, 0) is 151 Å². The normalized spacial score (nSPS) is 44.2. The molecule has 16 atom stereocenters. The van der Waals surface area contributed by atoms with Crippen molar-refractivity contribution in [1.29, 1.82) is 0 Å². The van der Waals surface area contributed by atoms with Gasteiger partial charge in [0, 0.05) is 71.0 Å². The highest BCUT2D eigenvalue weighted by Gasteiger charge is 2.71. The Morgan fingerprint density at radius 3 is 1.85 bits per heavy atom. The van der Waals surface area contributed by atoms with Crippen LogP contribution in [0.25, 0.3) is 0 Å². The molecule has 15 rings (SSSR count). The number of benzene rings is 2. The van der Waals surface area contributed by atoms with Crippen LogP contribution in [0.3, 0.4) is 0 Å². The quantitative estimate of drug-likeness (QED) is 0.177. The Bertz CT molecular complexity index is 2760. The average molecular weight is 1030 g/mol. The van der Waals surface area contributed by atoms with Gasteiger partial charge < -0.3 is 28.6 Å². The average Bonchev–Trinajstić information content (AvgIpc) is 3.54. The van der Waals surface area contributed by atoms with E-state index in [1.54, 1.807) is 0 Å².